The van der Waals surface area contributed by atoms with Crippen molar-refractivity contribution in [1.29, 1.82) is 0 Å². The summed E-state index contributed by atoms with van der Waals surface area (Å²) in [5.74, 6) is 1.74. The number of methoxy groups -OCH3 is 2. The van der Waals surface area contributed by atoms with Crippen LogP contribution >= 0.6 is 0 Å². The zero-order chi connectivity index (χ0) is 20.9. The SMILES string of the molecule is COc1ccc(-c2ccc(N(C)c3ccc(-c4ccc(OC)cc4)cc3)cc2)cc1. The van der Waals surface area contributed by atoms with Crippen LogP contribution in [0.1, 0.15) is 0 Å². The second-order valence-electron chi connectivity index (χ2n) is 7.11. The smallest absolute Gasteiger partial charge is 0.118 e. The average Bonchev–Trinajstić information content (AvgIpc) is 2.84. The molecule has 0 amide bonds. The number of anilines is 2. The van der Waals surface area contributed by atoms with Crippen molar-refractivity contribution in [2.24, 2.45) is 0 Å². The Kier molecular flexibility index (Phi) is 5.71. The highest BCUT2D eigenvalue weighted by Crippen LogP contribution is 2.30. The molecule has 0 aromatic heterocycles. The van der Waals surface area contributed by atoms with E-state index in [4.69, 9.17) is 9.47 Å². The minimum absolute atomic E-state index is 0.869. The van der Waals surface area contributed by atoms with Gasteiger partial charge in [0.15, 0.2) is 0 Å². The van der Waals surface area contributed by atoms with Gasteiger partial charge in [-0.3, -0.25) is 0 Å². The van der Waals surface area contributed by atoms with E-state index in [0.717, 1.165) is 22.9 Å². The molecule has 0 fully saturated rings. The Balaban J connectivity index is 1.50. The third kappa shape index (κ3) is 4.15. The largest absolute Gasteiger partial charge is 0.497 e. The lowest BCUT2D eigenvalue weighted by Crippen LogP contribution is -2.08. The summed E-state index contributed by atoms with van der Waals surface area (Å²) in [6.07, 6.45) is 0. The molecule has 4 aromatic rings. The monoisotopic (exact) mass is 395 g/mol. The normalized spacial score (nSPS) is 10.5. The second-order valence-corrected chi connectivity index (χ2v) is 7.11. The molecule has 0 aliphatic heterocycles. The summed E-state index contributed by atoms with van der Waals surface area (Å²) < 4.78 is 10.5. The first-order chi connectivity index (χ1) is 14.7. The Morgan fingerprint density at radius 1 is 0.433 bits per heavy atom. The maximum atomic E-state index is 5.24. The fourth-order valence-electron chi connectivity index (χ4n) is 3.47. The lowest BCUT2D eigenvalue weighted by atomic mass is 10.0. The molecule has 0 N–H and O–H groups in total. The maximum Gasteiger partial charge on any atom is 0.118 e. The molecule has 4 rings (SSSR count). The summed E-state index contributed by atoms with van der Waals surface area (Å²) in [7, 11) is 5.46. The molecule has 4 aromatic carbocycles. The van der Waals surface area contributed by atoms with Crippen LogP contribution in [0.15, 0.2) is 97.1 Å². The number of hydrogen-bond acceptors (Lipinski definition) is 3. The number of nitrogens with zero attached hydrogens (tertiary/aromatic N) is 1. The third-order valence-corrected chi connectivity index (χ3v) is 5.36. The Morgan fingerprint density at radius 2 is 0.700 bits per heavy atom. The van der Waals surface area contributed by atoms with E-state index in [1.54, 1.807) is 14.2 Å². The Morgan fingerprint density at radius 3 is 0.967 bits per heavy atom. The number of ether oxygens (including phenoxy) is 2. The summed E-state index contributed by atoms with van der Waals surface area (Å²) in [6, 6.07) is 33.5. The van der Waals surface area contributed by atoms with Crippen LogP contribution in [0.2, 0.25) is 0 Å². The molecule has 0 saturated carbocycles. The number of benzene rings is 4. The van der Waals surface area contributed by atoms with E-state index >= 15 is 0 Å². The van der Waals surface area contributed by atoms with Gasteiger partial charge in [0.25, 0.3) is 0 Å². The molecule has 0 aliphatic rings. The van der Waals surface area contributed by atoms with Crippen LogP contribution in [0.4, 0.5) is 11.4 Å². The van der Waals surface area contributed by atoms with Gasteiger partial charge in [0.05, 0.1) is 14.2 Å². The first-order valence-electron chi connectivity index (χ1n) is 9.90. The molecule has 0 heterocycles. The van der Waals surface area contributed by atoms with Crippen molar-refractivity contribution in [3.8, 4) is 33.8 Å². The van der Waals surface area contributed by atoms with Crippen LogP contribution in [0.5, 0.6) is 11.5 Å². The van der Waals surface area contributed by atoms with Crippen LogP contribution in [-0.4, -0.2) is 21.3 Å². The van der Waals surface area contributed by atoms with E-state index < -0.39 is 0 Å². The molecular weight excluding hydrogens is 370 g/mol. The van der Waals surface area contributed by atoms with E-state index in [1.807, 2.05) is 24.3 Å². The van der Waals surface area contributed by atoms with Crippen molar-refractivity contribution < 1.29 is 9.47 Å². The summed E-state index contributed by atoms with van der Waals surface area (Å²) in [5, 5.41) is 0. The van der Waals surface area contributed by atoms with Gasteiger partial charge in [-0.1, -0.05) is 48.5 Å². The van der Waals surface area contributed by atoms with Crippen molar-refractivity contribution >= 4 is 11.4 Å². The van der Waals surface area contributed by atoms with Crippen molar-refractivity contribution in [2.75, 3.05) is 26.2 Å². The summed E-state index contributed by atoms with van der Waals surface area (Å²) in [4.78, 5) is 2.19. The van der Waals surface area contributed by atoms with E-state index in [9.17, 15) is 0 Å². The first kappa shape index (κ1) is 19.6. The molecule has 0 unspecified atom stereocenters. The second kappa shape index (κ2) is 8.75. The Labute approximate surface area is 178 Å². The predicted octanol–water partition coefficient (Wildman–Crippen LogP) is 6.81. The van der Waals surface area contributed by atoms with Crippen LogP contribution < -0.4 is 14.4 Å². The summed E-state index contributed by atoms with van der Waals surface area (Å²) >= 11 is 0. The molecule has 3 nitrogen and oxygen atoms in total. The van der Waals surface area contributed by atoms with Crippen LogP contribution in [0.25, 0.3) is 22.3 Å². The maximum absolute atomic E-state index is 5.24. The van der Waals surface area contributed by atoms with Crippen LogP contribution in [0, 0.1) is 0 Å². The minimum atomic E-state index is 0.869. The van der Waals surface area contributed by atoms with Crippen molar-refractivity contribution in [3.05, 3.63) is 97.1 Å². The van der Waals surface area contributed by atoms with Gasteiger partial charge in [-0.05, 0) is 70.8 Å². The quantitative estimate of drug-likeness (QED) is 0.358. The fraction of sp³-hybridized carbons (Fsp3) is 0.111. The van der Waals surface area contributed by atoms with Gasteiger partial charge in [0.1, 0.15) is 11.5 Å². The molecule has 0 bridgehead atoms. The van der Waals surface area contributed by atoms with Crippen molar-refractivity contribution in [2.45, 2.75) is 0 Å². The summed E-state index contributed by atoms with van der Waals surface area (Å²) in [6.45, 7) is 0. The molecule has 0 spiro atoms. The van der Waals surface area contributed by atoms with Crippen LogP contribution in [-0.2, 0) is 0 Å². The highest BCUT2D eigenvalue weighted by molar-refractivity contribution is 5.72. The van der Waals surface area contributed by atoms with E-state index in [2.05, 4.69) is 84.7 Å². The molecule has 0 atom stereocenters. The van der Waals surface area contributed by atoms with Crippen molar-refractivity contribution in [1.82, 2.24) is 0 Å². The minimum Gasteiger partial charge on any atom is -0.497 e. The molecule has 0 radical (unpaired) electrons. The van der Waals surface area contributed by atoms with Gasteiger partial charge in [-0.15, -0.1) is 0 Å². The van der Waals surface area contributed by atoms with Gasteiger partial charge in [0, 0.05) is 18.4 Å². The van der Waals surface area contributed by atoms with Gasteiger partial charge in [0.2, 0.25) is 0 Å². The highest BCUT2D eigenvalue weighted by Gasteiger charge is 2.06. The standard InChI is InChI=1S/C27H25NO2/c1-28(24-12-4-20(5-13-24)22-8-16-26(29-2)17-9-22)25-14-6-21(7-15-25)23-10-18-27(30-3)19-11-23/h4-19H,1-3H3. The first-order valence-corrected chi connectivity index (χ1v) is 9.90. The highest BCUT2D eigenvalue weighted by atomic mass is 16.5. The van der Waals surface area contributed by atoms with E-state index in [-0.39, 0.29) is 0 Å². The number of hydrogen-bond donors (Lipinski definition) is 0. The molecule has 30 heavy (non-hydrogen) atoms. The predicted molar refractivity (Wildman–Crippen MR) is 125 cm³/mol. The molecule has 150 valence electrons. The van der Waals surface area contributed by atoms with Gasteiger partial charge in [-0.2, -0.15) is 0 Å². The van der Waals surface area contributed by atoms with Crippen molar-refractivity contribution in [3.63, 3.8) is 0 Å². The van der Waals surface area contributed by atoms with Crippen LogP contribution in [0.3, 0.4) is 0 Å². The van der Waals surface area contributed by atoms with Gasteiger partial charge in [-0.25, -0.2) is 0 Å². The molecule has 0 aliphatic carbocycles. The lowest BCUT2D eigenvalue weighted by Gasteiger charge is -2.20. The Hall–Kier alpha value is -3.72. The third-order valence-electron chi connectivity index (χ3n) is 5.36. The number of rotatable bonds is 6. The molecule has 3 heteroatoms. The Bertz CT molecular complexity index is 993. The lowest BCUT2D eigenvalue weighted by molar-refractivity contribution is 0.415. The zero-order valence-corrected chi connectivity index (χ0v) is 17.5. The zero-order valence-electron chi connectivity index (χ0n) is 17.5. The van der Waals surface area contributed by atoms with Gasteiger partial charge >= 0.3 is 0 Å². The van der Waals surface area contributed by atoms with Gasteiger partial charge < -0.3 is 14.4 Å². The summed E-state index contributed by atoms with van der Waals surface area (Å²) in [5.41, 5.74) is 7.01. The fourth-order valence-corrected chi connectivity index (χ4v) is 3.47. The molecule has 0 saturated heterocycles. The molecular formula is C27H25NO2. The van der Waals surface area contributed by atoms with E-state index in [0.29, 0.717) is 0 Å². The van der Waals surface area contributed by atoms with E-state index in [1.165, 1.54) is 22.3 Å². The topological polar surface area (TPSA) is 21.7 Å². The average molecular weight is 396 g/mol.